The van der Waals surface area contributed by atoms with E-state index >= 15 is 0 Å². The molecule has 1 saturated heterocycles. The van der Waals surface area contributed by atoms with Crippen molar-refractivity contribution in [1.82, 2.24) is 4.90 Å². The summed E-state index contributed by atoms with van der Waals surface area (Å²) < 4.78 is 0. The number of likely N-dealkylation sites (tertiary alicyclic amines) is 1. The molecule has 3 rings (SSSR count). The highest BCUT2D eigenvalue weighted by Gasteiger charge is 2.65. The molecule has 2 aliphatic carbocycles. The molecule has 2 N–H and O–H groups in total. The van der Waals surface area contributed by atoms with E-state index in [1.165, 1.54) is 0 Å². The van der Waals surface area contributed by atoms with Crippen molar-refractivity contribution in [2.75, 3.05) is 0 Å². The van der Waals surface area contributed by atoms with Crippen molar-refractivity contribution in [1.29, 1.82) is 0 Å². The van der Waals surface area contributed by atoms with Gasteiger partial charge in [-0.2, -0.15) is 0 Å². The van der Waals surface area contributed by atoms with Crippen LogP contribution in [0, 0.1) is 23.7 Å². The molecule has 0 aromatic rings. The summed E-state index contributed by atoms with van der Waals surface area (Å²) in [6, 6.07) is -0.547. The molecule has 6 atom stereocenters. The van der Waals surface area contributed by atoms with E-state index in [9.17, 15) is 29.4 Å². The zero-order chi connectivity index (χ0) is 15.5. The van der Waals surface area contributed by atoms with Crippen molar-refractivity contribution in [2.24, 2.45) is 23.7 Å². The van der Waals surface area contributed by atoms with Crippen LogP contribution in [0.1, 0.15) is 19.3 Å². The maximum absolute atomic E-state index is 11.9. The van der Waals surface area contributed by atoms with Gasteiger partial charge < -0.3 is 10.2 Å². The highest BCUT2D eigenvalue weighted by molar-refractivity contribution is 9.09. The molecule has 3 aliphatic rings. The highest BCUT2D eigenvalue weighted by atomic mass is 79.9. The van der Waals surface area contributed by atoms with Gasteiger partial charge in [-0.05, 0) is 18.3 Å². The summed E-state index contributed by atoms with van der Waals surface area (Å²) >= 11 is 3.41. The first kappa shape index (κ1) is 14.5. The van der Waals surface area contributed by atoms with Gasteiger partial charge in [0.2, 0.25) is 11.8 Å². The van der Waals surface area contributed by atoms with E-state index in [2.05, 4.69) is 15.9 Å². The normalized spacial score (nSPS) is 41.9. The largest absolute Gasteiger partial charge is 0.481 e. The number of amides is 2. The molecule has 8 heteroatoms. The predicted molar refractivity (Wildman–Crippen MR) is 71.4 cm³/mol. The Hall–Kier alpha value is -1.44. The number of halogens is 1. The second-order valence-electron chi connectivity index (χ2n) is 5.88. The van der Waals surface area contributed by atoms with Gasteiger partial charge in [0, 0.05) is 17.7 Å². The van der Waals surface area contributed by atoms with Gasteiger partial charge in [-0.15, -0.1) is 0 Å². The molecule has 2 amide bonds. The first-order chi connectivity index (χ1) is 9.84. The Bertz CT molecular complexity index is 533. The average Bonchev–Trinajstić information content (AvgIpc) is 3.02. The van der Waals surface area contributed by atoms with Gasteiger partial charge >= 0.3 is 11.9 Å². The summed E-state index contributed by atoms with van der Waals surface area (Å²) in [7, 11) is 0. The molecule has 0 aromatic heterocycles. The lowest BCUT2D eigenvalue weighted by atomic mass is 9.76. The van der Waals surface area contributed by atoms with Gasteiger partial charge in [-0.25, -0.2) is 0 Å². The first-order valence-electron chi connectivity index (χ1n) is 6.79. The molecule has 1 heterocycles. The summed E-state index contributed by atoms with van der Waals surface area (Å²) in [5.41, 5.74) is 0. The lowest BCUT2D eigenvalue weighted by Gasteiger charge is -2.38. The van der Waals surface area contributed by atoms with E-state index in [0.29, 0.717) is 6.42 Å². The second kappa shape index (κ2) is 4.79. The van der Waals surface area contributed by atoms with E-state index in [1.807, 2.05) is 0 Å². The number of aliphatic carboxylic acids is 2. The topological polar surface area (TPSA) is 112 Å². The van der Waals surface area contributed by atoms with Crippen molar-refractivity contribution in [3.05, 3.63) is 0 Å². The molecule has 114 valence electrons. The number of hydrogen-bond donors (Lipinski definition) is 2. The molecule has 2 bridgehead atoms. The Morgan fingerprint density at radius 1 is 1.00 bits per heavy atom. The molecular weight excluding hydrogens is 346 g/mol. The summed E-state index contributed by atoms with van der Waals surface area (Å²) in [6.07, 6.45) is 0.699. The number of carbonyl (C=O) groups is 4. The van der Waals surface area contributed by atoms with Crippen molar-refractivity contribution in [3.63, 3.8) is 0 Å². The fourth-order valence-corrected chi connectivity index (χ4v) is 5.42. The Kier molecular flexibility index (Phi) is 3.31. The van der Waals surface area contributed by atoms with E-state index in [4.69, 9.17) is 0 Å². The van der Waals surface area contributed by atoms with Crippen molar-refractivity contribution in [3.8, 4) is 0 Å². The third-order valence-electron chi connectivity index (χ3n) is 4.99. The quantitative estimate of drug-likeness (QED) is 0.554. The van der Waals surface area contributed by atoms with Crippen LogP contribution in [-0.2, 0) is 19.2 Å². The van der Waals surface area contributed by atoms with E-state index in [-0.39, 0.29) is 35.4 Å². The lowest BCUT2D eigenvalue weighted by molar-refractivity contribution is -0.159. The predicted octanol–water partition coefficient (Wildman–Crippen LogP) is 0.319. The molecule has 1 aliphatic heterocycles. The molecule has 0 unspecified atom stereocenters. The van der Waals surface area contributed by atoms with E-state index in [0.717, 1.165) is 4.90 Å². The molecule has 7 nitrogen and oxygen atoms in total. The van der Waals surface area contributed by atoms with Crippen molar-refractivity contribution < 1.29 is 29.4 Å². The van der Waals surface area contributed by atoms with Crippen LogP contribution in [0.2, 0.25) is 0 Å². The molecule has 0 spiro atoms. The molecule has 0 aromatic carbocycles. The van der Waals surface area contributed by atoms with Gasteiger partial charge in [-0.3, -0.25) is 24.1 Å². The Labute approximate surface area is 128 Å². The Morgan fingerprint density at radius 3 is 1.95 bits per heavy atom. The van der Waals surface area contributed by atoms with Crippen LogP contribution in [0.15, 0.2) is 0 Å². The van der Waals surface area contributed by atoms with Crippen LogP contribution in [0.25, 0.3) is 0 Å². The van der Waals surface area contributed by atoms with Gasteiger partial charge in [0.15, 0.2) is 0 Å². The monoisotopic (exact) mass is 359 g/mol. The summed E-state index contributed by atoms with van der Waals surface area (Å²) in [6.45, 7) is 0. The van der Waals surface area contributed by atoms with Crippen LogP contribution < -0.4 is 0 Å². The average molecular weight is 360 g/mol. The second-order valence-corrected chi connectivity index (χ2v) is 6.94. The third-order valence-corrected chi connectivity index (χ3v) is 6.21. The van der Waals surface area contributed by atoms with E-state index < -0.39 is 35.7 Å². The zero-order valence-corrected chi connectivity index (χ0v) is 12.5. The number of rotatable bonds is 3. The summed E-state index contributed by atoms with van der Waals surface area (Å²) in [4.78, 5) is 47.5. The molecule has 2 saturated carbocycles. The van der Waals surface area contributed by atoms with Gasteiger partial charge in [0.05, 0.1) is 17.9 Å². The van der Waals surface area contributed by atoms with Crippen LogP contribution >= 0.6 is 15.9 Å². The standard InChI is InChI=1S/C13H14BrNO6/c14-10-4-3-5(9(13(20)21)8(4)12(18)19)11(10)15-6(16)1-2-7(15)17/h4-5,8-11H,1-3H2,(H,18,19)(H,20,21)/t4-,5-,8+,9-,10+,11-/m1/s1. The lowest BCUT2D eigenvalue weighted by Crippen LogP contribution is -2.54. The van der Waals surface area contributed by atoms with Crippen molar-refractivity contribution >= 4 is 39.7 Å². The molecule has 21 heavy (non-hydrogen) atoms. The number of carboxylic acid groups (broad SMARTS) is 2. The van der Waals surface area contributed by atoms with Crippen LogP contribution in [0.3, 0.4) is 0 Å². The number of imide groups is 1. The maximum Gasteiger partial charge on any atom is 0.307 e. The van der Waals surface area contributed by atoms with Crippen LogP contribution in [0.4, 0.5) is 0 Å². The third kappa shape index (κ3) is 1.91. The summed E-state index contributed by atoms with van der Waals surface area (Å²) in [5.74, 6) is -5.77. The van der Waals surface area contributed by atoms with E-state index in [1.54, 1.807) is 0 Å². The fourth-order valence-electron chi connectivity index (χ4n) is 4.24. The number of nitrogens with zero attached hydrogens (tertiary/aromatic N) is 1. The number of carbonyl (C=O) groups excluding carboxylic acids is 2. The minimum Gasteiger partial charge on any atom is -0.481 e. The number of carboxylic acids is 2. The summed E-state index contributed by atoms with van der Waals surface area (Å²) in [5, 5.41) is 18.7. The zero-order valence-electron chi connectivity index (χ0n) is 10.9. The maximum atomic E-state index is 11.9. The van der Waals surface area contributed by atoms with Gasteiger partial charge in [0.1, 0.15) is 0 Å². The van der Waals surface area contributed by atoms with Gasteiger partial charge in [0.25, 0.3) is 0 Å². The van der Waals surface area contributed by atoms with Crippen LogP contribution in [-0.4, -0.2) is 49.7 Å². The smallest absolute Gasteiger partial charge is 0.307 e. The SMILES string of the molecule is O=C(O)[C@@H]1[C@H]2C[C@@H]([C@H](Br)[C@@H]2N2C(=O)CCC2=O)[C@@H]1C(=O)O. The first-order valence-corrected chi connectivity index (χ1v) is 7.70. The fraction of sp³-hybridized carbons (Fsp3) is 0.692. The molecule has 0 radical (unpaired) electrons. The Morgan fingerprint density at radius 2 is 1.48 bits per heavy atom. The number of alkyl halides is 1. The number of hydrogen-bond acceptors (Lipinski definition) is 4. The minimum atomic E-state index is -1.17. The highest BCUT2D eigenvalue weighted by Crippen LogP contribution is 2.57. The minimum absolute atomic E-state index is 0.145. The Balaban J connectivity index is 1.96. The van der Waals surface area contributed by atoms with Crippen LogP contribution in [0.5, 0.6) is 0 Å². The van der Waals surface area contributed by atoms with Gasteiger partial charge in [-0.1, -0.05) is 15.9 Å². The molecular formula is C13H14BrNO6. The number of fused-ring (bicyclic) bond motifs is 2. The molecule has 3 fully saturated rings. The van der Waals surface area contributed by atoms with Crippen molar-refractivity contribution in [2.45, 2.75) is 30.1 Å².